The van der Waals surface area contributed by atoms with Crippen molar-refractivity contribution in [3.8, 4) is 0 Å². The Morgan fingerprint density at radius 3 is 1.84 bits per heavy atom. The largest absolute Gasteiger partial charge is 0.481 e. The van der Waals surface area contributed by atoms with Crippen molar-refractivity contribution in [2.75, 3.05) is 0 Å². The van der Waals surface area contributed by atoms with E-state index in [-0.39, 0.29) is 47.3 Å². The summed E-state index contributed by atoms with van der Waals surface area (Å²) in [6.07, 6.45) is 31.3. The van der Waals surface area contributed by atoms with Gasteiger partial charge in [0.15, 0.2) is 0 Å². The third-order valence-corrected chi connectivity index (χ3v) is 15.5. The van der Waals surface area contributed by atoms with E-state index >= 15 is 0 Å². The number of carbonyl (C=O) groups excluding carboxylic acids is 1. The number of aliphatic hydroxyl groups is 2. The number of aliphatic carboxylic acids is 1. The van der Waals surface area contributed by atoms with Gasteiger partial charge in [0.05, 0.1) is 12.2 Å². The second-order valence-electron chi connectivity index (χ2n) is 18.8. The standard InChI is InChI=1S/C45H81NO5/c1-5-6-7-8-9-10-11-12-13-14-15-16-17-18-19-20-21-24-41(49)46-35-28-29-44(3)34(30-35)31-39(47)43-37-27-26-36(33(2)23-22-25-42(50)51)45(37,4)40(48)32-38(43)44/h33-40,43,47-48H,5-32H2,1-4H3,(H,46,49)(H,50,51)/t33-,34+,35+,36-,37+,38+,39-,40+,43+,44+,45-/m1/s1. The Morgan fingerprint density at radius 2 is 1.27 bits per heavy atom. The molecule has 0 aliphatic heterocycles. The maximum atomic E-state index is 13.0. The van der Waals surface area contributed by atoms with Crippen LogP contribution in [-0.2, 0) is 9.59 Å². The van der Waals surface area contributed by atoms with Gasteiger partial charge in [0, 0.05) is 18.9 Å². The van der Waals surface area contributed by atoms with Crippen LogP contribution in [0.15, 0.2) is 0 Å². The smallest absolute Gasteiger partial charge is 0.303 e. The topological polar surface area (TPSA) is 107 Å². The lowest BCUT2D eigenvalue weighted by molar-refractivity contribution is -0.202. The van der Waals surface area contributed by atoms with Gasteiger partial charge in [0.2, 0.25) is 5.91 Å². The molecule has 0 aromatic carbocycles. The number of hydrogen-bond acceptors (Lipinski definition) is 4. The zero-order chi connectivity index (χ0) is 36.9. The van der Waals surface area contributed by atoms with Crippen molar-refractivity contribution in [3.63, 3.8) is 0 Å². The molecule has 51 heavy (non-hydrogen) atoms. The second kappa shape index (κ2) is 21.1. The minimum Gasteiger partial charge on any atom is -0.481 e. The number of unbranched alkanes of at least 4 members (excludes halogenated alkanes) is 16. The molecule has 11 atom stereocenters. The molecule has 0 unspecified atom stereocenters. The Labute approximate surface area is 313 Å². The van der Waals surface area contributed by atoms with Crippen LogP contribution in [0.1, 0.15) is 207 Å². The third-order valence-electron chi connectivity index (χ3n) is 15.5. The van der Waals surface area contributed by atoms with E-state index in [2.05, 4.69) is 33.0 Å². The Morgan fingerprint density at radius 1 is 0.706 bits per heavy atom. The fourth-order valence-corrected chi connectivity index (χ4v) is 12.4. The zero-order valence-electron chi connectivity index (χ0n) is 33.7. The summed E-state index contributed by atoms with van der Waals surface area (Å²) in [6, 6.07) is 0.200. The molecule has 296 valence electrons. The predicted molar refractivity (Wildman–Crippen MR) is 209 cm³/mol. The highest BCUT2D eigenvalue weighted by Crippen LogP contribution is 2.68. The van der Waals surface area contributed by atoms with Gasteiger partial charge in [-0.1, -0.05) is 130 Å². The number of aliphatic hydroxyl groups excluding tert-OH is 2. The van der Waals surface area contributed by atoms with Crippen molar-refractivity contribution in [1.29, 1.82) is 0 Å². The highest BCUT2D eigenvalue weighted by atomic mass is 16.4. The molecule has 6 heteroatoms. The monoisotopic (exact) mass is 716 g/mol. The van der Waals surface area contributed by atoms with Crippen LogP contribution in [0, 0.1) is 46.3 Å². The summed E-state index contributed by atoms with van der Waals surface area (Å²) < 4.78 is 0. The van der Waals surface area contributed by atoms with E-state index < -0.39 is 5.97 Å². The fourth-order valence-electron chi connectivity index (χ4n) is 12.4. The van der Waals surface area contributed by atoms with Crippen LogP contribution < -0.4 is 5.32 Å². The molecule has 4 rings (SSSR count). The number of hydrogen-bond donors (Lipinski definition) is 4. The van der Waals surface area contributed by atoms with E-state index in [9.17, 15) is 19.8 Å². The van der Waals surface area contributed by atoms with Gasteiger partial charge in [-0.15, -0.1) is 0 Å². The minimum atomic E-state index is -0.730. The predicted octanol–water partition coefficient (Wildman–Crippen LogP) is 11.0. The van der Waals surface area contributed by atoms with Gasteiger partial charge in [-0.3, -0.25) is 9.59 Å². The number of rotatable bonds is 24. The molecule has 6 nitrogen and oxygen atoms in total. The van der Waals surface area contributed by atoms with Gasteiger partial charge in [0.25, 0.3) is 0 Å². The van der Waals surface area contributed by atoms with Crippen LogP contribution >= 0.6 is 0 Å². The lowest BCUT2D eigenvalue weighted by Gasteiger charge is -2.63. The van der Waals surface area contributed by atoms with Crippen LogP contribution in [0.25, 0.3) is 0 Å². The Balaban J connectivity index is 1.10. The molecule has 4 N–H and O–H groups in total. The Bertz CT molecular complexity index is 1030. The molecule has 0 aromatic rings. The molecule has 0 saturated heterocycles. The van der Waals surface area contributed by atoms with Gasteiger partial charge in [0.1, 0.15) is 0 Å². The van der Waals surface area contributed by atoms with Crippen molar-refractivity contribution in [2.24, 2.45) is 46.3 Å². The molecule has 0 aromatic heterocycles. The zero-order valence-corrected chi connectivity index (χ0v) is 33.7. The molecule has 4 aliphatic carbocycles. The van der Waals surface area contributed by atoms with Crippen molar-refractivity contribution in [3.05, 3.63) is 0 Å². The van der Waals surface area contributed by atoms with Crippen LogP contribution in [0.2, 0.25) is 0 Å². The molecular formula is C45H81NO5. The summed E-state index contributed by atoms with van der Waals surface area (Å²) >= 11 is 0. The summed E-state index contributed by atoms with van der Waals surface area (Å²) in [6.45, 7) is 9.27. The average Bonchev–Trinajstić information content (AvgIpc) is 3.45. The second-order valence-corrected chi connectivity index (χ2v) is 18.8. The molecule has 4 fully saturated rings. The number of nitrogens with one attached hydrogen (secondary N) is 1. The highest BCUT2D eigenvalue weighted by molar-refractivity contribution is 5.76. The lowest BCUT2D eigenvalue weighted by atomic mass is 9.43. The fraction of sp³-hybridized carbons (Fsp3) is 0.956. The molecule has 4 aliphatic rings. The average molecular weight is 716 g/mol. The third kappa shape index (κ3) is 11.4. The first-order valence-corrected chi connectivity index (χ1v) is 22.4. The van der Waals surface area contributed by atoms with E-state index in [1.165, 1.54) is 96.3 Å². The Kier molecular flexibility index (Phi) is 17.6. The Hall–Kier alpha value is -1.14. The SMILES string of the molecule is CCCCCCCCCCCCCCCCCCCC(=O)N[C@H]1CC[C@@]2(C)[C@@H](C1)C[C@@H](O)[C@@H]1[C@@H]2C[C@H](O)[C@]2(C)[C@@H]([C@H](C)CCCC(=O)O)CC[C@@H]12. The molecule has 0 spiro atoms. The number of carbonyl (C=O) groups is 2. The molecule has 1 amide bonds. The summed E-state index contributed by atoms with van der Waals surface area (Å²) in [5.41, 5.74) is -0.127. The number of amides is 1. The van der Waals surface area contributed by atoms with E-state index in [1.54, 1.807) is 0 Å². The summed E-state index contributed by atoms with van der Waals surface area (Å²) in [7, 11) is 0. The van der Waals surface area contributed by atoms with E-state index in [0.717, 1.165) is 64.2 Å². The minimum absolute atomic E-state index is 0.0895. The summed E-state index contributed by atoms with van der Waals surface area (Å²) in [5, 5.41) is 36.2. The molecular weight excluding hydrogens is 634 g/mol. The van der Waals surface area contributed by atoms with E-state index in [4.69, 9.17) is 5.11 Å². The first-order valence-electron chi connectivity index (χ1n) is 22.4. The van der Waals surface area contributed by atoms with Gasteiger partial charge in [-0.2, -0.15) is 0 Å². The maximum Gasteiger partial charge on any atom is 0.303 e. The lowest BCUT2D eigenvalue weighted by Crippen LogP contribution is -2.63. The van der Waals surface area contributed by atoms with E-state index in [0.29, 0.717) is 42.4 Å². The van der Waals surface area contributed by atoms with Crippen LogP contribution in [0.4, 0.5) is 0 Å². The highest BCUT2D eigenvalue weighted by Gasteiger charge is 2.65. The quantitative estimate of drug-likeness (QED) is 0.0744. The first-order chi connectivity index (χ1) is 24.5. The summed E-state index contributed by atoms with van der Waals surface area (Å²) in [4.78, 5) is 24.1. The van der Waals surface area contributed by atoms with E-state index in [1.807, 2.05) is 0 Å². The van der Waals surface area contributed by atoms with Gasteiger partial charge < -0.3 is 20.6 Å². The van der Waals surface area contributed by atoms with Crippen molar-refractivity contribution < 1.29 is 24.9 Å². The van der Waals surface area contributed by atoms with Crippen molar-refractivity contribution in [2.45, 2.75) is 226 Å². The molecule has 0 radical (unpaired) electrons. The number of carboxylic acid groups (broad SMARTS) is 1. The van der Waals surface area contributed by atoms with Gasteiger partial charge in [-0.05, 0) is 111 Å². The maximum absolute atomic E-state index is 13.0. The first kappa shape index (κ1) is 42.6. The molecule has 0 bridgehead atoms. The summed E-state index contributed by atoms with van der Waals surface area (Å²) in [5.74, 6) is 1.44. The normalized spacial score (nSPS) is 35.1. The number of fused-ring (bicyclic) bond motifs is 5. The molecule has 4 saturated carbocycles. The van der Waals surface area contributed by atoms with Crippen LogP contribution in [-0.4, -0.2) is 45.4 Å². The molecule has 0 heterocycles. The van der Waals surface area contributed by atoms with Gasteiger partial charge >= 0.3 is 5.97 Å². The van der Waals surface area contributed by atoms with Gasteiger partial charge in [-0.25, -0.2) is 0 Å². The van der Waals surface area contributed by atoms with Crippen LogP contribution in [0.5, 0.6) is 0 Å². The van der Waals surface area contributed by atoms with Crippen molar-refractivity contribution in [1.82, 2.24) is 5.32 Å². The number of carboxylic acids is 1. The van der Waals surface area contributed by atoms with Crippen LogP contribution in [0.3, 0.4) is 0 Å². The van der Waals surface area contributed by atoms with Crippen molar-refractivity contribution >= 4 is 11.9 Å².